The summed E-state index contributed by atoms with van der Waals surface area (Å²) in [5.41, 5.74) is 13.9. The molecule has 0 aliphatic heterocycles. The van der Waals surface area contributed by atoms with Gasteiger partial charge in [0.15, 0.2) is 5.17 Å². The summed E-state index contributed by atoms with van der Waals surface area (Å²) in [6.07, 6.45) is 5.27. The van der Waals surface area contributed by atoms with E-state index in [1.807, 2.05) is 24.5 Å². The van der Waals surface area contributed by atoms with Gasteiger partial charge in [0.2, 0.25) is 0 Å². The van der Waals surface area contributed by atoms with Crippen molar-refractivity contribution in [2.75, 3.05) is 6.26 Å². The van der Waals surface area contributed by atoms with Crippen molar-refractivity contribution in [3.05, 3.63) is 29.8 Å². The highest BCUT2D eigenvalue weighted by Gasteiger charge is 2.34. The van der Waals surface area contributed by atoms with Gasteiger partial charge in [0.1, 0.15) is 0 Å². The van der Waals surface area contributed by atoms with Crippen LogP contribution in [0.2, 0.25) is 0 Å². The average molecular weight is 235 g/mol. The summed E-state index contributed by atoms with van der Waals surface area (Å²) in [6, 6.07) is 8.07. The maximum atomic E-state index is 6.27. The highest BCUT2D eigenvalue weighted by molar-refractivity contribution is 8.13. The van der Waals surface area contributed by atoms with E-state index < -0.39 is 0 Å². The molecule has 1 aliphatic carbocycles. The maximum absolute atomic E-state index is 6.27. The summed E-state index contributed by atoms with van der Waals surface area (Å²) in [6.45, 7) is 0. The molecule has 0 radical (unpaired) electrons. The predicted molar refractivity (Wildman–Crippen MR) is 71.0 cm³/mol. The number of aliphatic imine (C=N–C) groups is 1. The topological polar surface area (TPSA) is 64.4 Å². The van der Waals surface area contributed by atoms with E-state index in [9.17, 15) is 0 Å². The summed E-state index contributed by atoms with van der Waals surface area (Å²) in [5.74, 6) is 0. The second-order valence-corrected chi connectivity index (χ2v) is 5.04. The lowest BCUT2D eigenvalue weighted by atomic mass is 9.73. The van der Waals surface area contributed by atoms with Gasteiger partial charge in [-0.3, -0.25) is 0 Å². The van der Waals surface area contributed by atoms with Crippen LogP contribution in [0.4, 0.5) is 5.69 Å². The van der Waals surface area contributed by atoms with Crippen molar-refractivity contribution in [2.45, 2.75) is 24.8 Å². The van der Waals surface area contributed by atoms with Gasteiger partial charge >= 0.3 is 0 Å². The lowest BCUT2D eigenvalue weighted by Gasteiger charge is -2.38. The molecule has 0 saturated heterocycles. The first-order valence-electron chi connectivity index (χ1n) is 5.42. The smallest absolute Gasteiger partial charge is 0.158 e. The van der Waals surface area contributed by atoms with Gasteiger partial charge in [-0.25, -0.2) is 4.99 Å². The first-order valence-corrected chi connectivity index (χ1v) is 6.64. The fraction of sp³-hybridized carbons (Fsp3) is 0.417. The molecular weight excluding hydrogens is 218 g/mol. The SMILES string of the molecule is CSC(N)=Nc1cccc(C2(N)CCC2)c1. The molecule has 3 nitrogen and oxygen atoms in total. The molecule has 4 heteroatoms. The van der Waals surface area contributed by atoms with Crippen LogP contribution in [-0.2, 0) is 5.54 Å². The van der Waals surface area contributed by atoms with Crippen molar-refractivity contribution in [3.8, 4) is 0 Å². The highest BCUT2D eigenvalue weighted by Crippen LogP contribution is 2.39. The first-order chi connectivity index (χ1) is 7.64. The van der Waals surface area contributed by atoms with Crippen molar-refractivity contribution in [3.63, 3.8) is 0 Å². The van der Waals surface area contributed by atoms with E-state index >= 15 is 0 Å². The minimum Gasteiger partial charge on any atom is -0.378 e. The Labute approximate surface area is 100 Å². The van der Waals surface area contributed by atoms with Crippen LogP contribution in [0.25, 0.3) is 0 Å². The van der Waals surface area contributed by atoms with E-state index in [1.54, 1.807) is 0 Å². The van der Waals surface area contributed by atoms with Crippen LogP contribution in [-0.4, -0.2) is 11.4 Å². The van der Waals surface area contributed by atoms with E-state index in [2.05, 4.69) is 11.1 Å². The van der Waals surface area contributed by atoms with Crippen LogP contribution in [0.3, 0.4) is 0 Å². The van der Waals surface area contributed by atoms with Crippen LogP contribution in [0.1, 0.15) is 24.8 Å². The van der Waals surface area contributed by atoms with E-state index in [4.69, 9.17) is 11.5 Å². The largest absolute Gasteiger partial charge is 0.378 e. The normalized spacial score (nSPS) is 19.2. The second kappa shape index (κ2) is 4.47. The number of hydrogen-bond acceptors (Lipinski definition) is 3. The molecule has 0 bridgehead atoms. The molecular formula is C12H17N3S. The summed E-state index contributed by atoms with van der Waals surface area (Å²) < 4.78 is 0. The van der Waals surface area contributed by atoms with Gasteiger partial charge in [0.25, 0.3) is 0 Å². The lowest BCUT2D eigenvalue weighted by Crippen LogP contribution is -2.43. The number of nitrogens with zero attached hydrogens (tertiary/aromatic N) is 1. The molecule has 16 heavy (non-hydrogen) atoms. The molecule has 0 amide bonds. The van der Waals surface area contributed by atoms with E-state index in [-0.39, 0.29) is 5.54 Å². The summed E-state index contributed by atoms with van der Waals surface area (Å²) in [5, 5.41) is 0.580. The maximum Gasteiger partial charge on any atom is 0.158 e. The zero-order chi connectivity index (χ0) is 11.6. The molecule has 1 fully saturated rings. The lowest BCUT2D eigenvalue weighted by molar-refractivity contribution is 0.253. The number of amidine groups is 1. The van der Waals surface area contributed by atoms with Gasteiger partial charge in [0, 0.05) is 5.54 Å². The number of nitrogens with two attached hydrogens (primary N) is 2. The fourth-order valence-electron chi connectivity index (χ4n) is 1.90. The van der Waals surface area contributed by atoms with Crippen LogP contribution < -0.4 is 11.5 Å². The quantitative estimate of drug-likeness (QED) is 0.611. The van der Waals surface area contributed by atoms with E-state index in [1.165, 1.54) is 23.7 Å². The van der Waals surface area contributed by atoms with Gasteiger partial charge in [-0.15, -0.1) is 0 Å². The van der Waals surface area contributed by atoms with Crippen molar-refractivity contribution >= 4 is 22.6 Å². The fourth-order valence-corrected chi connectivity index (χ4v) is 2.10. The van der Waals surface area contributed by atoms with E-state index in [0.29, 0.717) is 5.17 Å². The number of hydrogen-bond donors (Lipinski definition) is 2. The van der Waals surface area contributed by atoms with Gasteiger partial charge < -0.3 is 11.5 Å². The van der Waals surface area contributed by atoms with Crippen molar-refractivity contribution < 1.29 is 0 Å². The third-order valence-corrected chi connectivity index (χ3v) is 3.62. The Kier molecular flexibility index (Phi) is 3.21. The predicted octanol–water partition coefficient (Wildman–Crippen LogP) is 2.33. The number of benzene rings is 1. The third-order valence-electron chi connectivity index (χ3n) is 3.12. The van der Waals surface area contributed by atoms with Crippen molar-refractivity contribution in [1.29, 1.82) is 0 Å². The molecule has 86 valence electrons. The highest BCUT2D eigenvalue weighted by atomic mass is 32.2. The average Bonchev–Trinajstić information content (AvgIpc) is 2.26. The number of thioether (sulfide) groups is 1. The Morgan fingerprint density at radius 1 is 1.44 bits per heavy atom. The zero-order valence-electron chi connectivity index (χ0n) is 9.44. The van der Waals surface area contributed by atoms with Gasteiger partial charge in [0.05, 0.1) is 5.69 Å². The third kappa shape index (κ3) is 2.23. The zero-order valence-corrected chi connectivity index (χ0v) is 10.3. The Morgan fingerprint density at radius 3 is 2.75 bits per heavy atom. The van der Waals surface area contributed by atoms with Crippen LogP contribution in [0, 0.1) is 0 Å². The van der Waals surface area contributed by atoms with E-state index in [0.717, 1.165) is 18.5 Å². The van der Waals surface area contributed by atoms with Gasteiger partial charge in [-0.05, 0) is 43.2 Å². The molecule has 0 unspecified atom stereocenters. The molecule has 1 aromatic carbocycles. The summed E-state index contributed by atoms with van der Waals surface area (Å²) in [7, 11) is 0. The monoisotopic (exact) mass is 235 g/mol. The van der Waals surface area contributed by atoms with Gasteiger partial charge in [-0.1, -0.05) is 23.9 Å². The molecule has 0 atom stereocenters. The Bertz CT molecular complexity index is 410. The molecule has 1 aliphatic rings. The Morgan fingerprint density at radius 2 is 2.19 bits per heavy atom. The number of rotatable bonds is 2. The summed E-state index contributed by atoms with van der Waals surface area (Å²) in [4.78, 5) is 4.31. The van der Waals surface area contributed by atoms with Crippen molar-refractivity contribution in [1.82, 2.24) is 0 Å². The van der Waals surface area contributed by atoms with Crippen LogP contribution in [0.15, 0.2) is 29.3 Å². The minimum absolute atomic E-state index is 0.125. The molecule has 0 spiro atoms. The van der Waals surface area contributed by atoms with Crippen LogP contribution >= 0.6 is 11.8 Å². The standard InChI is InChI=1S/C12H17N3S/c1-16-11(13)15-10-5-2-4-9(8-10)12(14)6-3-7-12/h2,4-5,8H,3,6-7,14H2,1H3,(H2,13,15). The Hall–Kier alpha value is -1.00. The molecule has 0 aromatic heterocycles. The Balaban J connectivity index is 2.26. The van der Waals surface area contributed by atoms with Crippen LogP contribution in [0.5, 0.6) is 0 Å². The minimum atomic E-state index is -0.125. The molecule has 0 heterocycles. The second-order valence-electron chi connectivity index (χ2n) is 4.21. The summed E-state index contributed by atoms with van der Waals surface area (Å²) >= 11 is 1.45. The molecule has 1 saturated carbocycles. The first kappa shape index (κ1) is 11.5. The van der Waals surface area contributed by atoms with Crippen molar-refractivity contribution in [2.24, 2.45) is 16.5 Å². The van der Waals surface area contributed by atoms with Gasteiger partial charge in [-0.2, -0.15) is 0 Å². The molecule has 1 aromatic rings. The molecule has 2 rings (SSSR count). The molecule has 4 N–H and O–H groups in total.